The third-order valence-electron chi connectivity index (χ3n) is 7.41. The molecule has 4 heterocycles. The lowest BCUT2D eigenvalue weighted by molar-refractivity contribution is -0.123. The molecular weight excluding hydrogens is 568 g/mol. The van der Waals surface area contributed by atoms with Crippen LogP contribution in [0.15, 0.2) is 72.1 Å². The highest BCUT2D eigenvalue weighted by Crippen LogP contribution is 2.29. The summed E-state index contributed by atoms with van der Waals surface area (Å²) >= 11 is 1.62. The second-order valence-corrected chi connectivity index (χ2v) is 11.3. The Kier molecular flexibility index (Phi) is 8.43. The summed E-state index contributed by atoms with van der Waals surface area (Å²) in [7, 11) is 3.09. The van der Waals surface area contributed by atoms with Crippen LogP contribution in [-0.4, -0.2) is 67.8 Å². The molecule has 10 nitrogen and oxygen atoms in total. The average molecular weight is 601 g/mol. The maximum absolute atomic E-state index is 13.5. The average Bonchev–Trinajstić information content (AvgIpc) is 3.65. The molecule has 1 aromatic heterocycles. The normalized spacial score (nSPS) is 18.9. The molecule has 3 aromatic carbocycles. The van der Waals surface area contributed by atoms with Crippen LogP contribution >= 0.6 is 11.3 Å². The smallest absolute Gasteiger partial charge is 0.258 e. The lowest BCUT2D eigenvalue weighted by atomic mass is 10.1. The number of hydrogen-bond acceptors (Lipinski definition) is 9. The first-order chi connectivity index (χ1) is 21.0. The van der Waals surface area contributed by atoms with E-state index in [9.17, 15) is 9.59 Å². The Hall–Kier alpha value is -4.61. The highest BCUT2D eigenvalue weighted by atomic mass is 32.1. The minimum absolute atomic E-state index is 0.222. The summed E-state index contributed by atoms with van der Waals surface area (Å²) < 4.78 is 23.2. The Labute approximate surface area is 253 Å². The van der Waals surface area contributed by atoms with E-state index in [-0.39, 0.29) is 37.1 Å². The van der Waals surface area contributed by atoms with Crippen molar-refractivity contribution >= 4 is 23.2 Å². The zero-order valence-corrected chi connectivity index (χ0v) is 24.7. The van der Waals surface area contributed by atoms with Gasteiger partial charge in [0.1, 0.15) is 34.1 Å². The number of nitrogens with one attached hydrogen (secondary N) is 2. The van der Waals surface area contributed by atoms with E-state index in [2.05, 4.69) is 33.0 Å². The number of amides is 2. The van der Waals surface area contributed by atoms with Crippen LogP contribution in [0.2, 0.25) is 0 Å². The number of aromatic nitrogens is 1. The van der Waals surface area contributed by atoms with Gasteiger partial charge in [-0.15, -0.1) is 11.3 Å². The van der Waals surface area contributed by atoms with Gasteiger partial charge in [0.05, 0.1) is 32.5 Å². The molecule has 0 spiro atoms. The van der Waals surface area contributed by atoms with Gasteiger partial charge in [0.25, 0.3) is 11.8 Å². The SMILES string of the molecule is COc1cc2cc(c1)C(=O)N[C@H]1CN(Cc3nc(-c4ccccc4)cs3)C[C@@H]1Oc1ccc(c(OC)c1)CNC(=O)CO2. The summed E-state index contributed by atoms with van der Waals surface area (Å²) in [6.45, 7) is 1.81. The summed E-state index contributed by atoms with van der Waals surface area (Å²) in [6.07, 6.45) is -0.343. The van der Waals surface area contributed by atoms with Gasteiger partial charge < -0.3 is 29.6 Å². The fourth-order valence-electron chi connectivity index (χ4n) is 5.22. The minimum atomic E-state index is -0.343. The molecule has 3 aliphatic heterocycles. The number of carbonyl (C=O) groups is 2. The number of rotatable bonds is 5. The van der Waals surface area contributed by atoms with Crippen LogP contribution in [0, 0.1) is 0 Å². The van der Waals surface area contributed by atoms with Crippen LogP contribution in [0.5, 0.6) is 23.0 Å². The first kappa shape index (κ1) is 28.5. The molecule has 0 saturated carbocycles. The first-order valence-corrected chi connectivity index (χ1v) is 14.8. The van der Waals surface area contributed by atoms with E-state index < -0.39 is 0 Å². The highest BCUT2D eigenvalue weighted by Gasteiger charge is 2.36. The fourth-order valence-corrected chi connectivity index (χ4v) is 6.07. The van der Waals surface area contributed by atoms with E-state index in [1.165, 1.54) is 7.11 Å². The number of nitrogens with zero attached hydrogens (tertiary/aromatic N) is 2. The van der Waals surface area contributed by atoms with Gasteiger partial charge >= 0.3 is 0 Å². The van der Waals surface area contributed by atoms with Gasteiger partial charge in [0.2, 0.25) is 0 Å². The Balaban J connectivity index is 1.28. The lowest BCUT2D eigenvalue weighted by Crippen LogP contribution is -2.45. The molecule has 222 valence electrons. The maximum atomic E-state index is 13.5. The van der Waals surface area contributed by atoms with Gasteiger partial charge in [-0.1, -0.05) is 30.3 Å². The number of hydrogen-bond donors (Lipinski definition) is 2. The summed E-state index contributed by atoms with van der Waals surface area (Å²) in [5, 5.41) is 9.07. The molecule has 2 N–H and O–H groups in total. The van der Waals surface area contributed by atoms with Crippen molar-refractivity contribution in [3.05, 3.63) is 88.2 Å². The molecule has 2 atom stereocenters. The number of benzene rings is 3. The Morgan fingerprint density at radius 2 is 1.84 bits per heavy atom. The van der Waals surface area contributed by atoms with Crippen LogP contribution in [-0.2, 0) is 17.9 Å². The molecule has 11 heteroatoms. The summed E-state index contributed by atoms with van der Waals surface area (Å²) in [6, 6.07) is 20.2. The standard InChI is InChI=1S/C32H32N4O6S/c1-39-24-10-22-11-25(12-24)41-18-30(37)33-14-21-8-9-23(13-28(21)40-2)42-29-16-36(15-26(29)35-32(22)38)17-31-34-27(19-43-31)20-6-4-3-5-7-20/h3-13,19,26,29H,14-18H2,1-2H3,(H,33,37)(H,35,38)/t26-,29-/m0/s1. The molecule has 4 aromatic rings. The number of methoxy groups -OCH3 is 2. The molecule has 0 aliphatic carbocycles. The fraction of sp³-hybridized carbons (Fsp3) is 0.281. The number of carbonyl (C=O) groups excluding carboxylic acids is 2. The summed E-state index contributed by atoms with van der Waals surface area (Å²) in [5.41, 5.74) is 3.18. The van der Waals surface area contributed by atoms with E-state index in [0.29, 0.717) is 48.2 Å². The van der Waals surface area contributed by atoms with Crippen molar-refractivity contribution < 1.29 is 28.5 Å². The van der Waals surface area contributed by atoms with E-state index in [4.69, 9.17) is 23.9 Å². The van der Waals surface area contributed by atoms with Crippen molar-refractivity contribution in [1.82, 2.24) is 20.5 Å². The third-order valence-corrected chi connectivity index (χ3v) is 8.24. The van der Waals surface area contributed by atoms with E-state index in [1.54, 1.807) is 42.7 Å². The molecule has 0 unspecified atom stereocenters. The summed E-state index contributed by atoms with van der Waals surface area (Å²) in [4.78, 5) is 33.1. The largest absolute Gasteiger partial charge is 0.497 e. The van der Waals surface area contributed by atoms with E-state index in [0.717, 1.165) is 21.8 Å². The molecule has 7 rings (SSSR count). The molecule has 0 radical (unpaired) electrons. The second kappa shape index (κ2) is 12.7. The molecule has 3 aliphatic rings. The van der Waals surface area contributed by atoms with Crippen LogP contribution in [0.3, 0.4) is 0 Å². The second-order valence-electron chi connectivity index (χ2n) is 10.4. The van der Waals surface area contributed by atoms with E-state index >= 15 is 0 Å². The van der Waals surface area contributed by atoms with Crippen molar-refractivity contribution in [2.45, 2.75) is 25.2 Å². The van der Waals surface area contributed by atoms with E-state index in [1.807, 2.05) is 30.3 Å². The Bertz CT molecular complexity index is 1610. The predicted octanol–water partition coefficient (Wildman–Crippen LogP) is 3.90. The number of fused-ring (bicyclic) bond motifs is 7. The van der Waals surface area contributed by atoms with Gasteiger partial charge in [-0.05, 0) is 24.3 Å². The van der Waals surface area contributed by atoms with Crippen molar-refractivity contribution in [2.24, 2.45) is 0 Å². The van der Waals surface area contributed by atoms with Crippen molar-refractivity contribution in [1.29, 1.82) is 0 Å². The van der Waals surface area contributed by atoms with Crippen LogP contribution in [0.25, 0.3) is 11.3 Å². The Morgan fingerprint density at radius 1 is 0.977 bits per heavy atom. The third kappa shape index (κ3) is 6.73. The summed E-state index contributed by atoms with van der Waals surface area (Å²) in [5.74, 6) is 1.38. The highest BCUT2D eigenvalue weighted by molar-refractivity contribution is 7.09. The number of ether oxygens (including phenoxy) is 4. The van der Waals surface area contributed by atoms with Crippen molar-refractivity contribution in [3.8, 4) is 34.3 Å². The molecular formula is C32H32N4O6S. The van der Waals surface area contributed by atoms with Gasteiger partial charge in [0, 0.05) is 53.8 Å². The Morgan fingerprint density at radius 3 is 2.65 bits per heavy atom. The molecule has 4 bridgehead atoms. The van der Waals surface area contributed by atoms with Crippen molar-refractivity contribution in [2.75, 3.05) is 33.9 Å². The van der Waals surface area contributed by atoms with Crippen LogP contribution < -0.4 is 29.6 Å². The first-order valence-electron chi connectivity index (χ1n) is 13.9. The lowest BCUT2D eigenvalue weighted by Gasteiger charge is -2.22. The number of likely N-dealkylation sites (tertiary alicyclic amines) is 1. The zero-order chi connectivity index (χ0) is 29.8. The van der Waals surface area contributed by atoms with Gasteiger partial charge in [-0.25, -0.2) is 4.98 Å². The quantitative estimate of drug-likeness (QED) is 0.355. The minimum Gasteiger partial charge on any atom is -0.497 e. The van der Waals surface area contributed by atoms with Crippen LogP contribution in [0.4, 0.5) is 0 Å². The van der Waals surface area contributed by atoms with Gasteiger partial charge in [0.15, 0.2) is 6.61 Å². The topological polar surface area (TPSA) is 111 Å². The van der Waals surface area contributed by atoms with Crippen LogP contribution in [0.1, 0.15) is 20.9 Å². The molecule has 2 amide bonds. The maximum Gasteiger partial charge on any atom is 0.258 e. The predicted molar refractivity (Wildman–Crippen MR) is 162 cm³/mol. The molecule has 1 fully saturated rings. The zero-order valence-electron chi connectivity index (χ0n) is 23.9. The molecule has 43 heavy (non-hydrogen) atoms. The molecule has 1 saturated heterocycles. The van der Waals surface area contributed by atoms with Gasteiger partial charge in [-0.3, -0.25) is 14.5 Å². The van der Waals surface area contributed by atoms with Crippen molar-refractivity contribution in [3.63, 3.8) is 0 Å². The van der Waals surface area contributed by atoms with Gasteiger partial charge in [-0.2, -0.15) is 0 Å². The monoisotopic (exact) mass is 600 g/mol. The number of thiazole rings is 1.